The predicted molar refractivity (Wildman–Crippen MR) is 76.7 cm³/mol. The van der Waals surface area contributed by atoms with Crippen molar-refractivity contribution < 1.29 is 9.13 Å². The lowest BCUT2D eigenvalue weighted by molar-refractivity contribution is 0.281. The van der Waals surface area contributed by atoms with Crippen LogP contribution in [-0.2, 0) is 6.61 Å². The summed E-state index contributed by atoms with van der Waals surface area (Å²) in [5.74, 6) is 0.708. The second kappa shape index (κ2) is 6.52. The highest BCUT2D eigenvalue weighted by atomic mass is 35.5. The topological polar surface area (TPSA) is 47.0 Å². The minimum atomic E-state index is -0.503. The molecule has 0 radical (unpaired) electrons. The molecule has 6 heteroatoms. The molecule has 0 saturated heterocycles. The van der Waals surface area contributed by atoms with Gasteiger partial charge in [0.05, 0.1) is 5.02 Å². The fourth-order valence-corrected chi connectivity index (χ4v) is 1.94. The van der Waals surface area contributed by atoms with E-state index in [9.17, 15) is 4.39 Å². The number of aryl methyl sites for hydroxylation is 1. The molecule has 1 N–H and O–H groups in total. The van der Waals surface area contributed by atoms with Gasteiger partial charge in [0, 0.05) is 18.3 Å². The summed E-state index contributed by atoms with van der Waals surface area (Å²) in [6, 6.07) is 6.23. The Bertz CT molecular complexity index is 587. The molecule has 0 unspecified atom stereocenters. The van der Waals surface area contributed by atoms with E-state index in [0.717, 1.165) is 18.1 Å². The van der Waals surface area contributed by atoms with Crippen molar-refractivity contribution in [2.75, 3.05) is 11.9 Å². The van der Waals surface area contributed by atoms with E-state index in [2.05, 4.69) is 15.3 Å². The van der Waals surface area contributed by atoms with Crippen LogP contribution in [0.5, 0.6) is 5.75 Å². The molecule has 0 saturated carbocycles. The average molecular weight is 296 g/mol. The van der Waals surface area contributed by atoms with Gasteiger partial charge < -0.3 is 10.1 Å². The van der Waals surface area contributed by atoms with E-state index < -0.39 is 5.82 Å². The van der Waals surface area contributed by atoms with Gasteiger partial charge >= 0.3 is 0 Å². The van der Waals surface area contributed by atoms with E-state index in [1.807, 2.05) is 19.9 Å². The number of aromatic nitrogens is 2. The number of hydrogen-bond acceptors (Lipinski definition) is 4. The Balaban J connectivity index is 2.14. The normalized spacial score (nSPS) is 10.4. The minimum absolute atomic E-state index is 0.0178. The van der Waals surface area contributed by atoms with Gasteiger partial charge in [0.15, 0.2) is 17.4 Å². The summed E-state index contributed by atoms with van der Waals surface area (Å²) in [7, 11) is 0. The van der Waals surface area contributed by atoms with Gasteiger partial charge in [-0.05, 0) is 26.0 Å². The largest absolute Gasteiger partial charge is 0.481 e. The smallest absolute Gasteiger partial charge is 0.174 e. The predicted octanol–water partition coefficient (Wildman–Crippen LogP) is 3.59. The molecule has 4 nitrogen and oxygen atoms in total. The molecule has 1 aromatic heterocycles. The summed E-state index contributed by atoms with van der Waals surface area (Å²) in [5.41, 5.74) is 0.814. The molecule has 1 heterocycles. The van der Waals surface area contributed by atoms with E-state index >= 15 is 0 Å². The van der Waals surface area contributed by atoms with Crippen molar-refractivity contribution in [1.82, 2.24) is 9.97 Å². The van der Waals surface area contributed by atoms with Gasteiger partial charge in [0.2, 0.25) is 0 Å². The van der Waals surface area contributed by atoms with E-state index in [1.165, 1.54) is 12.1 Å². The second-order valence-corrected chi connectivity index (χ2v) is 4.59. The van der Waals surface area contributed by atoms with Crippen LogP contribution in [0, 0.1) is 12.7 Å². The van der Waals surface area contributed by atoms with E-state index in [-0.39, 0.29) is 17.4 Å². The van der Waals surface area contributed by atoms with E-state index in [0.29, 0.717) is 5.82 Å². The number of ether oxygens (including phenoxy) is 1. The Morgan fingerprint density at radius 2 is 2.15 bits per heavy atom. The van der Waals surface area contributed by atoms with Gasteiger partial charge in [0.1, 0.15) is 12.4 Å². The lowest BCUT2D eigenvalue weighted by atomic mass is 10.3. The quantitative estimate of drug-likeness (QED) is 0.916. The Morgan fingerprint density at radius 3 is 2.85 bits per heavy atom. The van der Waals surface area contributed by atoms with Crippen LogP contribution in [0.25, 0.3) is 0 Å². The number of nitrogens with one attached hydrogen (secondary N) is 1. The highest BCUT2D eigenvalue weighted by Crippen LogP contribution is 2.27. The van der Waals surface area contributed by atoms with Crippen molar-refractivity contribution in [3.63, 3.8) is 0 Å². The minimum Gasteiger partial charge on any atom is -0.481 e. The van der Waals surface area contributed by atoms with Crippen molar-refractivity contribution in [3.8, 4) is 5.75 Å². The standard InChI is InChI=1S/C14H15ClFN3O/c1-3-17-12-7-9(2)18-13(19-12)8-20-14-10(15)5-4-6-11(14)16/h4-7H,3,8H2,1-2H3,(H,17,18,19). The molecular weight excluding hydrogens is 281 g/mol. The fourth-order valence-electron chi connectivity index (χ4n) is 1.72. The van der Waals surface area contributed by atoms with Crippen molar-refractivity contribution in [2.45, 2.75) is 20.5 Å². The van der Waals surface area contributed by atoms with Crippen molar-refractivity contribution in [2.24, 2.45) is 0 Å². The molecule has 0 bridgehead atoms. The van der Waals surface area contributed by atoms with E-state index in [1.54, 1.807) is 6.07 Å². The van der Waals surface area contributed by atoms with E-state index in [4.69, 9.17) is 16.3 Å². The number of halogens is 2. The molecule has 1 aromatic carbocycles. The zero-order valence-electron chi connectivity index (χ0n) is 11.3. The summed E-state index contributed by atoms with van der Waals surface area (Å²) in [4.78, 5) is 8.53. The van der Waals surface area contributed by atoms with Crippen LogP contribution < -0.4 is 10.1 Å². The molecule has 20 heavy (non-hydrogen) atoms. The zero-order valence-corrected chi connectivity index (χ0v) is 12.0. The lowest BCUT2D eigenvalue weighted by Gasteiger charge is -2.10. The number of para-hydroxylation sites is 1. The second-order valence-electron chi connectivity index (χ2n) is 4.18. The lowest BCUT2D eigenvalue weighted by Crippen LogP contribution is -2.08. The van der Waals surface area contributed by atoms with Gasteiger partial charge in [-0.25, -0.2) is 14.4 Å². The molecule has 106 valence electrons. The fraction of sp³-hybridized carbons (Fsp3) is 0.286. The van der Waals surface area contributed by atoms with Crippen molar-refractivity contribution in [1.29, 1.82) is 0 Å². The molecule has 2 rings (SSSR count). The number of anilines is 1. The summed E-state index contributed by atoms with van der Waals surface area (Å²) >= 11 is 5.89. The Kier molecular flexibility index (Phi) is 4.74. The SMILES string of the molecule is CCNc1cc(C)nc(COc2c(F)cccc2Cl)n1. The third-order valence-corrected chi connectivity index (χ3v) is 2.82. The average Bonchev–Trinajstić information content (AvgIpc) is 2.38. The van der Waals surface area contributed by atoms with Gasteiger partial charge in [-0.3, -0.25) is 0 Å². The summed E-state index contributed by atoms with van der Waals surface area (Å²) < 4.78 is 19.0. The van der Waals surface area contributed by atoms with Gasteiger partial charge in [-0.15, -0.1) is 0 Å². The summed E-state index contributed by atoms with van der Waals surface area (Å²) in [5, 5.41) is 3.33. The van der Waals surface area contributed by atoms with Crippen LogP contribution in [0.3, 0.4) is 0 Å². The third-order valence-electron chi connectivity index (χ3n) is 2.52. The van der Waals surface area contributed by atoms with Crippen LogP contribution in [0.15, 0.2) is 24.3 Å². The first kappa shape index (κ1) is 14.5. The molecule has 0 spiro atoms. The Hall–Kier alpha value is -1.88. The number of nitrogens with zero attached hydrogens (tertiary/aromatic N) is 2. The molecule has 2 aromatic rings. The molecule has 0 aliphatic rings. The molecule has 0 fully saturated rings. The Labute approximate surface area is 122 Å². The van der Waals surface area contributed by atoms with Crippen LogP contribution in [0.2, 0.25) is 5.02 Å². The van der Waals surface area contributed by atoms with Crippen LogP contribution in [-0.4, -0.2) is 16.5 Å². The molecule has 0 atom stereocenters. The van der Waals surface area contributed by atoms with Gasteiger partial charge in [0.25, 0.3) is 0 Å². The maximum atomic E-state index is 13.6. The zero-order chi connectivity index (χ0) is 14.5. The maximum absolute atomic E-state index is 13.6. The van der Waals surface area contributed by atoms with Gasteiger partial charge in [-0.2, -0.15) is 0 Å². The summed E-state index contributed by atoms with van der Waals surface area (Å²) in [6.07, 6.45) is 0. The third kappa shape index (κ3) is 3.57. The molecule has 0 amide bonds. The summed E-state index contributed by atoms with van der Waals surface area (Å²) in [6.45, 7) is 4.66. The highest BCUT2D eigenvalue weighted by molar-refractivity contribution is 6.32. The van der Waals surface area contributed by atoms with Gasteiger partial charge in [-0.1, -0.05) is 17.7 Å². The van der Waals surface area contributed by atoms with Crippen LogP contribution in [0.1, 0.15) is 18.4 Å². The monoisotopic (exact) mass is 295 g/mol. The van der Waals surface area contributed by atoms with Crippen molar-refractivity contribution in [3.05, 3.63) is 46.6 Å². The first-order chi connectivity index (χ1) is 9.60. The maximum Gasteiger partial charge on any atom is 0.174 e. The van der Waals surface area contributed by atoms with Crippen molar-refractivity contribution >= 4 is 17.4 Å². The first-order valence-corrected chi connectivity index (χ1v) is 6.63. The number of rotatable bonds is 5. The number of benzene rings is 1. The van der Waals surface area contributed by atoms with Crippen LogP contribution in [0.4, 0.5) is 10.2 Å². The number of hydrogen-bond donors (Lipinski definition) is 1. The molecule has 0 aliphatic carbocycles. The first-order valence-electron chi connectivity index (χ1n) is 6.25. The highest BCUT2D eigenvalue weighted by Gasteiger charge is 2.10. The van der Waals surface area contributed by atoms with Crippen LogP contribution >= 0.6 is 11.6 Å². The molecular formula is C14H15ClFN3O. The Morgan fingerprint density at radius 1 is 1.35 bits per heavy atom. The molecule has 0 aliphatic heterocycles.